The van der Waals surface area contributed by atoms with Crippen molar-refractivity contribution in [3.63, 3.8) is 0 Å². The number of benzene rings is 1. The molecule has 1 unspecified atom stereocenters. The smallest absolute Gasteiger partial charge is 0.243 e. The predicted molar refractivity (Wildman–Crippen MR) is 75.4 cm³/mol. The minimum atomic E-state index is -3.65. The van der Waals surface area contributed by atoms with E-state index in [-0.39, 0.29) is 24.5 Å². The van der Waals surface area contributed by atoms with Crippen LogP contribution in [0.25, 0.3) is 0 Å². The maximum Gasteiger partial charge on any atom is 0.243 e. The Kier molecular flexibility index (Phi) is 4.33. The molecule has 2 rings (SSSR count). The SMILES string of the molecule is NCc1ccc(S(=O)(=O)N2CCC(C(N)=O)C2)cc1Cl. The highest BCUT2D eigenvalue weighted by atomic mass is 35.5. The number of carbonyl (C=O) groups excluding carboxylic acids is 1. The second-order valence-corrected chi connectivity index (χ2v) is 7.05. The van der Waals surface area contributed by atoms with E-state index in [0.717, 1.165) is 0 Å². The summed E-state index contributed by atoms with van der Waals surface area (Å²) in [5, 5.41) is 0.319. The molecule has 0 spiro atoms. The summed E-state index contributed by atoms with van der Waals surface area (Å²) in [5.41, 5.74) is 11.4. The third kappa shape index (κ3) is 2.80. The first-order valence-corrected chi connectivity index (χ1v) is 7.96. The summed E-state index contributed by atoms with van der Waals surface area (Å²) < 4.78 is 26.1. The molecule has 1 aliphatic rings. The summed E-state index contributed by atoms with van der Waals surface area (Å²) >= 11 is 5.98. The molecule has 1 aromatic rings. The quantitative estimate of drug-likeness (QED) is 0.832. The second-order valence-electron chi connectivity index (χ2n) is 4.71. The molecule has 0 bridgehead atoms. The molecule has 20 heavy (non-hydrogen) atoms. The summed E-state index contributed by atoms with van der Waals surface area (Å²) in [7, 11) is -3.65. The molecule has 6 nitrogen and oxygen atoms in total. The van der Waals surface area contributed by atoms with Gasteiger partial charge in [0.25, 0.3) is 0 Å². The number of primary amides is 1. The van der Waals surface area contributed by atoms with Crippen LogP contribution in [0.15, 0.2) is 23.1 Å². The number of hydrogen-bond donors (Lipinski definition) is 2. The number of hydrogen-bond acceptors (Lipinski definition) is 4. The van der Waals surface area contributed by atoms with Gasteiger partial charge in [0.1, 0.15) is 0 Å². The minimum Gasteiger partial charge on any atom is -0.369 e. The summed E-state index contributed by atoms with van der Waals surface area (Å²) in [6, 6.07) is 4.45. The molecule has 8 heteroatoms. The van der Waals surface area contributed by atoms with Gasteiger partial charge in [0.15, 0.2) is 0 Å². The maximum absolute atomic E-state index is 12.4. The Hall–Kier alpha value is -1.15. The number of rotatable bonds is 4. The minimum absolute atomic E-state index is 0.102. The lowest BCUT2D eigenvalue weighted by Crippen LogP contribution is -2.31. The fourth-order valence-corrected chi connectivity index (χ4v) is 4.03. The zero-order chi connectivity index (χ0) is 14.9. The first-order chi connectivity index (χ1) is 9.36. The molecule has 1 amide bonds. The van der Waals surface area contributed by atoms with Gasteiger partial charge in [-0.2, -0.15) is 4.31 Å². The van der Waals surface area contributed by atoms with Crippen LogP contribution in [0.2, 0.25) is 5.02 Å². The molecule has 110 valence electrons. The molecule has 1 aliphatic heterocycles. The average Bonchev–Trinajstić information content (AvgIpc) is 2.89. The second kappa shape index (κ2) is 5.69. The largest absolute Gasteiger partial charge is 0.369 e. The van der Waals surface area contributed by atoms with Crippen molar-refractivity contribution in [1.29, 1.82) is 0 Å². The van der Waals surface area contributed by atoms with Gasteiger partial charge in [-0.3, -0.25) is 4.79 Å². The Morgan fingerprint density at radius 3 is 2.65 bits per heavy atom. The van der Waals surface area contributed by atoms with Crippen molar-refractivity contribution in [2.75, 3.05) is 13.1 Å². The Morgan fingerprint density at radius 1 is 1.45 bits per heavy atom. The maximum atomic E-state index is 12.4. The van der Waals surface area contributed by atoms with Gasteiger partial charge in [-0.05, 0) is 24.1 Å². The van der Waals surface area contributed by atoms with Gasteiger partial charge in [-0.1, -0.05) is 17.7 Å². The van der Waals surface area contributed by atoms with Crippen molar-refractivity contribution >= 4 is 27.5 Å². The summed E-state index contributed by atoms with van der Waals surface area (Å²) in [5.74, 6) is -0.900. The molecule has 1 saturated heterocycles. The van der Waals surface area contributed by atoms with Crippen LogP contribution < -0.4 is 11.5 Å². The van der Waals surface area contributed by atoms with E-state index in [0.29, 0.717) is 17.0 Å². The molecular weight excluding hydrogens is 302 g/mol. The third-order valence-corrected chi connectivity index (χ3v) is 5.65. The van der Waals surface area contributed by atoms with Gasteiger partial charge in [-0.15, -0.1) is 0 Å². The van der Waals surface area contributed by atoms with Crippen LogP contribution in [-0.2, 0) is 21.4 Å². The van der Waals surface area contributed by atoms with Crippen LogP contribution in [0, 0.1) is 5.92 Å². The normalized spacial score (nSPS) is 20.2. The highest BCUT2D eigenvalue weighted by Gasteiger charge is 2.35. The molecular formula is C12H16ClN3O3S. The summed E-state index contributed by atoms with van der Waals surface area (Å²) in [6.07, 6.45) is 0.448. The molecule has 1 fully saturated rings. The first kappa shape index (κ1) is 15.2. The van der Waals surface area contributed by atoms with Gasteiger partial charge in [0.05, 0.1) is 10.8 Å². The van der Waals surface area contributed by atoms with Crippen LogP contribution in [0.4, 0.5) is 0 Å². The highest BCUT2D eigenvalue weighted by molar-refractivity contribution is 7.89. The van der Waals surface area contributed by atoms with Crippen LogP contribution in [0.1, 0.15) is 12.0 Å². The molecule has 0 aromatic heterocycles. The van der Waals surface area contributed by atoms with Crippen molar-refractivity contribution in [2.45, 2.75) is 17.9 Å². The van der Waals surface area contributed by atoms with E-state index in [1.165, 1.54) is 16.4 Å². The standard InChI is InChI=1S/C12H16ClN3O3S/c13-11-5-10(2-1-8(11)6-14)20(18,19)16-4-3-9(7-16)12(15)17/h1-2,5,9H,3-4,6-7,14H2,(H2,15,17). The van der Waals surface area contributed by atoms with Crippen LogP contribution >= 0.6 is 11.6 Å². The van der Waals surface area contributed by atoms with E-state index in [1.807, 2.05) is 0 Å². The van der Waals surface area contributed by atoms with Gasteiger partial charge in [0.2, 0.25) is 15.9 Å². The number of sulfonamides is 1. The van der Waals surface area contributed by atoms with Crippen molar-refractivity contribution in [1.82, 2.24) is 4.31 Å². The number of carbonyl (C=O) groups is 1. The van der Waals surface area contributed by atoms with E-state index >= 15 is 0 Å². The van der Waals surface area contributed by atoms with Gasteiger partial charge in [0, 0.05) is 24.7 Å². The molecule has 1 aromatic carbocycles. The van der Waals surface area contributed by atoms with E-state index in [9.17, 15) is 13.2 Å². The average molecular weight is 318 g/mol. The van der Waals surface area contributed by atoms with E-state index in [4.69, 9.17) is 23.1 Å². The molecule has 0 saturated carbocycles. The topological polar surface area (TPSA) is 106 Å². The number of nitrogens with zero attached hydrogens (tertiary/aromatic N) is 1. The zero-order valence-corrected chi connectivity index (χ0v) is 12.3. The summed E-state index contributed by atoms with van der Waals surface area (Å²) in [4.78, 5) is 11.2. The molecule has 1 atom stereocenters. The molecule has 4 N–H and O–H groups in total. The van der Waals surface area contributed by atoms with Crippen molar-refractivity contribution in [3.05, 3.63) is 28.8 Å². The first-order valence-electron chi connectivity index (χ1n) is 6.14. The van der Waals surface area contributed by atoms with Crippen LogP contribution in [0.5, 0.6) is 0 Å². The van der Waals surface area contributed by atoms with E-state index < -0.39 is 21.8 Å². The molecule has 0 radical (unpaired) electrons. The van der Waals surface area contributed by atoms with Gasteiger partial charge in [-0.25, -0.2) is 8.42 Å². The lowest BCUT2D eigenvalue weighted by atomic mass is 10.1. The van der Waals surface area contributed by atoms with Gasteiger partial charge >= 0.3 is 0 Å². The fourth-order valence-electron chi connectivity index (χ4n) is 2.18. The highest BCUT2D eigenvalue weighted by Crippen LogP contribution is 2.27. The van der Waals surface area contributed by atoms with Crippen molar-refractivity contribution in [3.8, 4) is 0 Å². The predicted octanol–water partition coefficient (Wildman–Crippen LogP) is 0.295. The fraction of sp³-hybridized carbons (Fsp3) is 0.417. The molecule has 0 aliphatic carbocycles. The summed E-state index contributed by atoms with van der Waals surface area (Å²) in [6.45, 7) is 0.646. The lowest BCUT2D eigenvalue weighted by Gasteiger charge is -2.16. The Balaban J connectivity index is 2.27. The number of nitrogens with two attached hydrogens (primary N) is 2. The van der Waals surface area contributed by atoms with E-state index in [2.05, 4.69) is 0 Å². The zero-order valence-electron chi connectivity index (χ0n) is 10.8. The number of amides is 1. The Labute approximate surface area is 122 Å². The Morgan fingerprint density at radius 2 is 2.15 bits per heavy atom. The Bertz CT molecular complexity index is 633. The number of halogens is 1. The van der Waals surface area contributed by atoms with E-state index in [1.54, 1.807) is 6.07 Å². The van der Waals surface area contributed by atoms with Crippen LogP contribution in [0.3, 0.4) is 0 Å². The van der Waals surface area contributed by atoms with Crippen molar-refractivity contribution in [2.24, 2.45) is 17.4 Å². The van der Waals surface area contributed by atoms with Crippen molar-refractivity contribution < 1.29 is 13.2 Å². The van der Waals surface area contributed by atoms with Crippen LogP contribution in [-0.4, -0.2) is 31.7 Å². The monoisotopic (exact) mass is 317 g/mol. The van der Waals surface area contributed by atoms with Gasteiger partial charge < -0.3 is 11.5 Å². The lowest BCUT2D eigenvalue weighted by molar-refractivity contribution is -0.121. The molecule has 1 heterocycles. The third-order valence-electron chi connectivity index (χ3n) is 3.44.